The Balaban J connectivity index is 2.76. The fourth-order valence-corrected chi connectivity index (χ4v) is 1.67. The van der Waals surface area contributed by atoms with Gasteiger partial charge in [0, 0.05) is 4.88 Å². The molecule has 3 heteroatoms. The second-order valence-electron chi connectivity index (χ2n) is 2.76. The number of nitrogens with two attached hydrogens (primary N) is 1. The van der Waals surface area contributed by atoms with Gasteiger partial charge in [0.05, 0.1) is 12.1 Å². The molecule has 1 aromatic rings. The molecule has 62 valence electrons. The van der Waals surface area contributed by atoms with E-state index in [2.05, 4.69) is 0 Å². The summed E-state index contributed by atoms with van der Waals surface area (Å²) in [5.74, 6) is 0. The Morgan fingerprint density at radius 2 is 2.27 bits per heavy atom. The maximum Gasteiger partial charge on any atom is 0.0705 e. The normalized spacial score (nSPS) is 16.4. The summed E-state index contributed by atoms with van der Waals surface area (Å²) in [4.78, 5) is 1.23. The fourth-order valence-electron chi connectivity index (χ4n) is 0.917. The number of aliphatic hydroxyl groups is 1. The van der Waals surface area contributed by atoms with Crippen LogP contribution in [-0.2, 0) is 0 Å². The lowest BCUT2D eigenvalue weighted by Gasteiger charge is -2.12. The van der Waals surface area contributed by atoms with Crippen molar-refractivity contribution in [2.75, 3.05) is 0 Å². The lowest BCUT2D eigenvalue weighted by atomic mass is 10.1. The summed E-state index contributed by atoms with van der Waals surface area (Å²) in [6.45, 7) is 3.74. The summed E-state index contributed by atoms with van der Waals surface area (Å²) in [6, 6.07) is 1.78. The van der Waals surface area contributed by atoms with Crippen molar-refractivity contribution in [2.45, 2.75) is 26.0 Å². The van der Waals surface area contributed by atoms with Crippen LogP contribution in [0, 0.1) is 6.92 Å². The summed E-state index contributed by atoms with van der Waals surface area (Å²) < 4.78 is 0. The van der Waals surface area contributed by atoms with E-state index >= 15 is 0 Å². The van der Waals surface area contributed by atoms with Crippen LogP contribution >= 0.6 is 11.3 Å². The minimum atomic E-state index is -0.469. The highest BCUT2D eigenvalue weighted by Gasteiger charge is 2.12. The highest BCUT2D eigenvalue weighted by molar-refractivity contribution is 7.10. The standard InChI is InChI=1S/C8H13NOS/c1-5-3-7(4-11-5)8(9)6(2)10/h3-4,6,8,10H,9H2,1-2H3/t6-,8+/m0/s1. The zero-order chi connectivity index (χ0) is 8.43. The topological polar surface area (TPSA) is 46.2 Å². The van der Waals surface area contributed by atoms with Gasteiger partial charge in [-0.1, -0.05) is 0 Å². The number of aliphatic hydroxyl groups excluding tert-OH is 1. The van der Waals surface area contributed by atoms with Crippen LogP contribution in [-0.4, -0.2) is 11.2 Å². The van der Waals surface area contributed by atoms with Crippen LogP contribution in [0.25, 0.3) is 0 Å². The molecule has 0 amide bonds. The Hall–Kier alpha value is -0.380. The van der Waals surface area contributed by atoms with E-state index in [4.69, 9.17) is 10.8 Å². The van der Waals surface area contributed by atoms with Crippen molar-refractivity contribution in [3.8, 4) is 0 Å². The molecule has 0 fully saturated rings. The van der Waals surface area contributed by atoms with E-state index in [0.29, 0.717) is 0 Å². The lowest BCUT2D eigenvalue weighted by molar-refractivity contribution is 0.164. The monoisotopic (exact) mass is 171 g/mol. The van der Waals surface area contributed by atoms with Gasteiger partial charge >= 0.3 is 0 Å². The average molecular weight is 171 g/mol. The van der Waals surface area contributed by atoms with Crippen LogP contribution in [0.15, 0.2) is 11.4 Å². The minimum Gasteiger partial charge on any atom is -0.391 e. The molecular formula is C8H13NOS. The van der Waals surface area contributed by atoms with Crippen molar-refractivity contribution < 1.29 is 5.11 Å². The SMILES string of the molecule is Cc1cc([C@H](N)[C@H](C)O)cs1. The minimum absolute atomic E-state index is 0.236. The first-order valence-electron chi connectivity index (χ1n) is 3.60. The third-order valence-corrected chi connectivity index (χ3v) is 2.54. The number of rotatable bonds is 2. The molecule has 11 heavy (non-hydrogen) atoms. The molecule has 0 aliphatic heterocycles. The number of hydrogen-bond donors (Lipinski definition) is 2. The van der Waals surface area contributed by atoms with Gasteiger partial charge < -0.3 is 10.8 Å². The van der Waals surface area contributed by atoms with Crippen LogP contribution in [0.4, 0.5) is 0 Å². The molecule has 2 atom stereocenters. The van der Waals surface area contributed by atoms with E-state index in [9.17, 15) is 0 Å². The molecule has 0 aromatic carbocycles. The molecule has 0 aliphatic carbocycles. The summed E-state index contributed by atoms with van der Waals surface area (Å²) in [7, 11) is 0. The van der Waals surface area contributed by atoms with Gasteiger partial charge in [0.15, 0.2) is 0 Å². The van der Waals surface area contributed by atoms with Crippen LogP contribution < -0.4 is 5.73 Å². The van der Waals surface area contributed by atoms with Crippen molar-refractivity contribution >= 4 is 11.3 Å². The van der Waals surface area contributed by atoms with Gasteiger partial charge in [0.1, 0.15) is 0 Å². The maximum absolute atomic E-state index is 9.16. The summed E-state index contributed by atoms with van der Waals surface area (Å²) in [5, 5.41) is 11.2. The predicted octanol–water partition coefficient (Wildman–Crippen LogP) is 1.44. The average Bonchev–Trinajstić information content (AvgIpc) is 2.34. The number of hydrogen-bond acceptors (Lipinski definition) is 3. The van der Waals surface area contributed by atoms with E-state index in [1.54, 1.807) is 18.3 Å². The summed E-state index contributed by atoms with van der Waals surface area (Å²) in [5.41, 5.74) is 6.74. The summed E-state index contributed by atoms with van der Waals surface area (Å²) >= 11 is 1.66. The van der Waals surface area contributed by atoms with E-state index in [0.717, 1.165) is 5.56 Å². The van der Waals surface area contributed by atoms with Crippen LogP contribution in [0.2, 0.25) is 0 Å². The second kappa shape index (κ2) is 3.34. The van der Waals surface area contributed by atoms with Crippen molar-refractivity contribution in [3.63, 3.8) is 0 Å². The first-order valence-corrected chi connectivity index (χ1v) is 4.48. The van der Waals surface area contributed by atoms with E-state index in [1.165, 1.54) is 4.88 Å². The Morgan fingerprint density at radius 1 is 1.64 bits per heavy atom. The molecule has 1 rings (SSSR count). The molecule has 0 saturated heterocycles. The Kier molecular flexibility index (Phi) is 2.65. The number of thiophene rings is 1. The quantitative estimate of drug-likeness (QED) is 0.707. The van der Waals surface area contributed by atoms with Gasteiger partial charge in [-0.05, 0) is 30.9 Å². The Morgan fingerprint density at radius 3 is 2.64 bits per heavy atom. The molecule has 0 radical (unpaired) electrons. The molecule has 1 aromatic heterocycles. The second-order valence-corrected chi connectivity index (χ2v) is 3.87. The lowest BCUT2D eigenvalue weighted by Crippen LogP contribution is -2.22. The smallest absolute Gasteiger partial charge is 0.0705 e. The third kappa shape index (κ3) is 2.02. The molecule has 0 spiro atoms. The van der Waals surface area contributed by atoms with Gasteiger partial charge in [-0.3, -0.25) is 0 Å². The van der Waals surface area contributed by atoms with Gasteiger partial charge in [-0.25, -0.2) is 0 Å². The van der Waals surface area contributed by atoms with Gasteiger partial charge in [0.2, 0.25) is 0 Å². The van der Waals surface area contributed by atoms with Crippen LogP contribution in [0.3, 0.4) is 0 Å². The fraction of sp³-hybridized carbons (Fsp3) is 0.500. The number of aryl methyl sites for hydroxylation is 1. The van der Waals surface area contributed by atoms with Crippen molar-refractivity contribution in [2.24, 2.45) is 5.73 Å². The van der Waals surface area contributed by atoms with Crippen LogP contribution in [0.5, 0.6) is 0 Å². The molecule has 0 unspecified atom stereocenters. The van der Waals surface area contributed by atoms with Crippen molar-refractivity contribution in [1.29, 1.82) is 0 Å². The molecule has 0 aliphatic rings. The van der Waals surface area contributed by atoms with Crippen molar-refractivity contribution in [1.82, 2.24) is 0 Å². The van der Waals surface area contributed by atoms with E-state index in [1.807, 2.05) is 18.4 Å². The van der Waals surface area contributed by atoms with Crippen LogP contribution in [0.1, 0.15) is 23.4 Å². The van der Waals surface area contributed by atoms with E-state index < -0.39 is 6.10 Å². The highest BCUT2D eigenvalue weighted by Crippen LogP contribution is 2.20. The molecule has 0 bridgehead atoms. The first-order chi connectivity index (χ1) is 5.11. The zero-order valence-corrected chi connectivity index (χ0v) is 7.56. The molecule has 3 N–H and O–H groups in total. The molecule has 1 heterocycles. The third-order valence-electron chi connectivity index (χ3n) is 1.66. The predicted molar refractivity (Wildman–Crippen MR) is 47.7 cm³/mol. The van der Waals surface area contributed by atoms with Crippen molar-refractivity contribution in [3.05, 3.63) is 21.9 Å². The first kappa shape index (κ1) is 8.71. The molecular weight excluding hydrogens is 158 g/mol. The zero-order valence-electron chi connectivity index (χ0n) is 6.74. The van der Waals surface area contributed by atoms with Gasteiger partial charge in [0.25, 0.3) is 0 Å². The Bertz CT molecular complexity index is 232. The van der Waals surface area contributed by atoms with E-state index in [-0.39, 0.29) is 6.04 Å². The Labute approximate surface area is 70.7 Å². The van der Waals surface area contributed by atoms with Gasteiger partial charge in [-0.2, -0.15) is 0 Å². The molecule has 0 saturated carbocycles. The largest absolute Gasteiger partial charge is 0.391 e. The maximum atomic E-state index is 9.16. The molecule has 2 nitrogen and oxygen atoms in total. The highest BCUT2D eigenvalue weighted by atomic mass is 32.1. The summed E-state index contributed by atoms with van der Waals surface area (Å²) in [6.07, 6.45) is -0.469. The van der Waals surface area contributed by atoms with Gasteiger partial charge in [-0.15, -0.1) is 11.3 Å².